The molecule has 0 spiro atoms. The minimum Gasteiger partial charge on any atom is -0.386 e. The maximum Gasteiger partial charge on any atom is 0.315 e. The first-order valence-electron chi connectivity index (χ1n) is 7.38. The third kappa shape index (κ3) is 7.13. The second-order valence-corrected chi connectivity index (χ2v) is 6.82. The molecule has 0 bridgehead atoms. The summed E-state index contributed by atoms with van der Waals surface area (Å²) in [5.41, 5.74) is 0.960. The maximum absolute atomic E-state index is 11.8. The van der Waals surface area contributed by atoms with Crippen LogP contribution in [0.1, 0.15) is 52.2 Å². The monoisotopic (exact) mass is 296 g/mol. The summed E-state index contributed by atoms with van der Waals surface area (Å²) < 4.78 is 1.62. The van der Waals surface area contributed by atoms with Gasteiger partial charge in [0.1, 0.15) is 0 Å². The lowest BCUT2D eigenvalue weighted by atomic mass is 9.89. The number of carbonyl (C=O) groups excluding carboxylic acids is 1. The molecule has 0 fully saturated rings. The van der Waals surface area contributed by atoms with Crippen molar-refractivity contribution >= 4 is 6.03 Å². The maximum atomic E-state index is 11.8. The summed E-state index contributed by atoms with van der Waals surface area (Å²) >= 11 is 0. The van der Waals surface area contributed by atoms with Gasteiger partial charge in [-0.2, -0.15) is 5.10 Å². The predicted molar refractivity (Wildman–Crippen MR) is 82.9 cm³/mol. The van der Waals surface area contributed by atoms with Crippen molar-refractivity contribution < 1.29 is 9.90 Å². The number of aliphatic hydroxyl groups excluding tert-OH is 1. The molecule has 0 aromatic carbocycles. The Hall–Kier alpha value is -1.56. The minimum absolute atomic E-state index is 0.111. The molecule has 2 atom stereocenters. The van der Waals surface area contributed by atoms with Crippen LogP contribution in [0.3, 0.4) is 0 Å². The molecule has 1 aromatic heterocycles. The summed E-state index contributed by atoms with van der Waals surface area (Å²) in [7, 11) is 1.78. The second-order valence-electron chi connectivity index (χ2n) is 6.82. The van der Waals surface area contributed by atoms with Gasteiger partial charge in [-0.1, -0.05) is 20.8 Å². The highest BCUT2D eigenvalue weighted by molar-refractivity contribution is 5.74. The zero-order chi connectivity index (χ0) is 16.0. The van der Waals surface area contributed by atoms with Crippen LogP contribution in [-0.4, -0.2) is 33.5 Å². The fourth-order valence-corrected chi connectivity index (χ4v) is 1.92. The number of nitrogens with zero attached hydrogens (tertiary/aromatic N) is 2. The number of carbonyl (C=O) groups is 1. The highest BCUT2D eigenvalue weighted by Crippen LogP contribution is 2.21. The standard InChI is InChI=1S/C15H28N4O2/c1-11(6-7-15(2,3)4)18-14(21)16-9-13(20)12-8-17-19(5)10-12/h8,10-11,13,20H,6-7,9H2,1-5H3,(H2,16,18,21)/t11-,13-/m0/s1. The molecule has 21 heavy (non-hydrogen) atoms. The van der Waals surface area contributed by atoms with Crippen molar-refractivity contribution in [2.45, 2.75) is 52.7 Å². The average Bonchev–Trinajstić information content (AvgIpc) is 2.79. The lowest BCUT2D eigenvalue weighted by molar-refractivity contribution is 0.172. The highest BCUT2D eigenvalue weighted by atomic mass is 16.3. The van der Waals surface area contributed by atoms with E-state index in [2.05, 4.69) is 36.5 Å². The molecule has 0 aliphatic heterocycles. The van der Waals surface area contributed by atoms with Crippen LogP contribution < -0.4 is 10.6 Å². The van der Waals surface area contributed by atoms with E-state index in [1.165, 1.54) is 0 Å². The zero-order valence-electron chi connectivity index (χ0n) is 13.7. The Bertz CT molecular complexity index is 451. The molecule has 0 radical (unpaired) electrons. The summed E-state index contributed by atoms with van der Waals surface area (Å²) in [6, 6.07) is -0.140. The van der Waals surface area contributed by atoms with Crippen molar-refractivity contribution in [3.63, 3.8) is 0 Å². The van der Waals surface area contributed by atoms with Gasteiger partial charge in [0.2, 0.25) is 0 Å². The number of amides is 2. The quantitative estimate of drug-likeness (QED) is 0.751. The highest BCUT2D eigenvalue weighted by Gasteiger charge is 2.15. The van der Waals surface area contributed by atoms with Gasteiger partial charge in [-0.05, 0) is 25.2 Å². The first-order valence-corrected chi connectivity index (χ1v) is 7.38. The van der Waals surface area contributed by atoms with Gasteiger partial charge in [0.05, 0.1) is 12.3 Å². The Morgan fingerprint density at radius 1 is 1.48 bits per heavy atom. The molecule has 1 rings (SSSR count). The van der Waals surface area contributed by atoms with Crippen molar-refractivity contribution in [1.29, 1.82) is 0 Å². The molecule has 0 saturated heterocycles. The van der Waals surface area contributed by atoms with Crippen LogP contribution in [0.2, 0.25) is 0 Å². The Labute approximate surface area is 126 Å². The van der Waals surface area contributed by atoms with Gasteiger partial charge in [-0.3, -0.25) is 4.68 Å². The van der Waals surface area contributed by atoms with Crippen LogP contribution in [0.4, 0.5) is 4.79 Å². The lowest BCUT2D eigenvalue weighted by Gasteiger charge is -2.22. The van der Waals surface area contributed by atoms with E-state index >= 15 is 0 Å². The van der Waals surface area contributed by atoms with E-state index < -0.39 is 6.10 Å². The molecule has 0 saturated carbocycles. The summed E-state index contributed by atoms with van der Waals surface area (Å²) in [5, 5.41) is 19.5. The van der Waals surface area contributed by atoms with E-state index in [0.717, 1.165) is 12.8 Å². The zero-order valence-corrected chi connectivity index (χ0v) is 13.7. The van der Waals surface area contributed by atoms with Gasteiger partial charge in [-0.25, -0.2) is 4.79 Å². The largest absolute Gasteiger partial charge is 0.386 e. The first kappa shape index (κ1) is 17.5. The topological polar surface area (TPSA) is 79.2 Å². The smallest absolute Gasteiger partial charge is 0.315 e. The average molecular weight is 296 g/mol. The van der Waals surface area contributed by atoms with Gasteiger partial charge in [0.25, 0.3) is 0 Å². The Balaban J connectivity index is 2.27. The number of nitrogens with one attached hydrogen (secondary N) is 2. The number of aryl methyl sites for hydroxylation is 1. The molecule has 6 nitrogen and oxygen atoms in total. The molecule has 1 heterocycles. The summed E-state index contributed by atoms with van der Waals surface area (Å²) in [4.78, 5) is 11.8. The van der Waals surface area contributed by atoms with Crippen molar-refractivity contribution in [2.24, 2.45) is 12.5 Å². The van der Waals surface area contributed by atoms with Crippen LogP contribution in [0.15, 0.2) is 12.4 Å². The van der Waals surface area contributed by atoms with Crippen molar-refractivity contribution in [3.05, 3.63) is 18.0 Å². The summed E-state index contributed by atoms with van der Waals surface area (Å²) in [6.45, 7) is 8.71. The van der Waals surface area contributed by atoms with Crippen LogP contribution in [-0.2, 0) is 7.05 Å². The molecule has 0 aliphatic rings. The third-order valence-electron chi connectivity index (χ3n) is 3.27. The number of urea groups is 1. The van der Waals surface area contributed by atoms with Crippen molar-refractivity contribution in [1.82, 2.24) is 20.4 Å². The third-order valence-corrected chi connectivity index (χ3v) is 3.27. The predicted octanol–water partition coefficient (Wildman–Crippen LogP) is 1.97. The van der Waals surface area contributed by atoms with Crippen LogP contribution in [0.5, 0.6) is 0 Å². The molecule has 6 heteroatoms. The minimum atomic E-state index is -0.741. The van der Waals surface area contributed by atoms with E-state index in [1.54, 1.807) is 24.1 Å². The SMILES string of the molecule is C[C@@H](CCC(C)(C)C)NC(=O)NC[C@H](O)c1cnn(C)c1. The molecule has 3 N–H and O–H groups in total. The van der Waals surface area contributed by atoms with E-state index in [-0.39, 0.29) is 24.0 Å². The van der Waals surface area contributed by atoms with E-state index in [0.29, 0.717) is 5.56 Å². The first-order chi connectivity index (χ1) is 9.67. The Morgan fingerprint density at radius 2 is 2.14 bits per heavy atom. The van der Waals surface area contributed by atoms with Gasteiger partial charge in [0.15, 0.2) is 0 Å². The van der Waals surface area contributed by atoms with Crippen LogP contribution in [0.25, 0.3) is 0 Å². The van der Waals surface area contributed by atoms with Gasteiger partial charge < -0.3 is 15.7 Å². The van der Waals surface area contributed by atoms with Crippen molar-refractivity contribution in [3.8, 4) is 0 Å². The van der Waals surface area contributed by atoms with E-state index in [9.17, 15) is 9.90 Å². The second kappa shape index (κ2) is 7.45. The Morgan fingerprint density at radius 3 is 2.67 bits per heavy atom. The van der Waals surface area contributed by atoms with Crippen LogP contribution >= 0.6 is 0 Å². The van der Waals surface area contributed by atoms with Crippen molar-refractivity contribution in [2.75, 3.05) is 6.54 Å². The molecular weight excluding hydrogens is 268 g/mol. The summed E-state index contributed by atoms with van der Waals surface area (Å²) in [5.74, 6) is 0. The number of aliphatic hydroxyl groups is 1. The van der Waals surface area contributed by atoms with Crippen LogP contribution in [0, 0.1) is 5.41 Å². The fourth-order valence-electron chi connectivity index (χ4n) is 1.92. The fraction of sp³-hybridized carbons (Fsp3) is 0.733. The lowest BCUT2D eigenvalue weighted by Crippen LogP contribution is -2.42. The van der Waals surface area contributed by atoms with E-state index in [1.807, 2.05) is 6.92 Å². The molecule has 2 amide bonds. The molecule has 0 unspecified atom stereocenters. The normalized spacial score (nSPS) is 14.6. The molecule has 0 aliphatic carbocycles. The van der Waals surface area contributed by atoms with E-state index in [4.69, 9.17) is 0 Å². The molecule has 120 valence electrons. The van der Waals surface area contributed by atoms with Gasteiger partial charge in [0, 0.05) is 31.4 Å². The van der Waals surface area contributed by atoms with Gasteiger partial charge >= 0.3 is 6.03 Å². The number of aromatic nitrogens is 2. The number of hydrogen-bond acceptors (Lipinski definition) is 3. The Kier molecular flexibility index (Phi) is 6.20. The molecule has 1 aromatic rings. The van der Waals surface area contributed by atoms with Gasteiger partial charge in [-0.15, -0.1) is 0 Å². The molecular formula is C15H28N4O2. The number of rotatable bonds is 6. The summed E-state index contributed by atoms with van der Waals surface area (Å²) in [6.07, 6.45) is 4.57. The number of hydrogen-bond donors (Lipinski definition) is 3.